The highest BCUT2D eigenvalue weighted by Gasteiger charge is 2.19. The number of aromatic nitrogens is 3. The SMILES string of the molecule is Cc1nc(N2CCCC2)nc(NCc2ccc(NC(=O)Cc3cc(Cl)nc4ccccc34)cc2)c1F. The second-order valence-corrected chi connectivity index (χ2v) is 9.25. The number of halogens is 2. The van der Waals surface area contributed by atoms with Gasteiger partial charge < -0.3 is 15.5 Å². The molecule has 0 saturated carbocycles. The summed E-state index contributed by atoms with van der Waals surface area (Å²) in [6, 6.07) is 16.7. The van der Waals surface area contributed by atoms with Crippen molar-refractivity contribution in [3.05, 3.63) is 82.4 Å². The molecule has 1 saturated heterocycles. The van der Waals surface area contributed by atoms with Crippen molar-refractivity contribution in [1.82, 2.24) is 15.0 Å². The average molecular weight is 505 g/mol. The van der Waals surface area contributed by atoms with Gasteiger partial charge in [-0.15, -0.1) is 0 Å². The van der Waals surface area contributed by atoms with E-state index in [-0.39, 0.29) is 18.1 Å². The van der Waals surface area contributed by atoms with Gasteiger partial charge in [0.25, 0.3) is 0 Å². The Kier molecular flexibility index (Phi) is 6.95. The van der Waals surface area contributed by atoms with Gasteiger partial charge in [0.1, 0.15) is 5.15 Å². The number of carbonyl (C=O) groups excluding carboxylic acids is 1. The van der Waals surface area contributed by atoms with Gasteiger partial charge in [0, 0.05) is 30.7 Å². The molecule has 0 atom stereocenters. The van der Waals surface area contributed by atoms with Crippen LogP contribution in [0.25, 0.3) is 10.9 Å². The molecule has 1 aliphatic heterocycles. The minimum Gasteiger partial charge on any atom is -0.363 e. The third kappa shape index (κ3) is 5.39. The molecule has 2 N–H and O–H groups in total. The number of nitrogens with zero attached hydrogens (tertiary/aromatic N) is 4. The van der Waals surface area contributed by atoms with E-state index in [0.29, 0.717) is 29.0 Å². The summed E-state index contributed by atoms with van der Waals surface area (Å²) in [5.74, 6) is 0.173. The number of hydrogen-bond acceptors (Lipinski definition) is 6. The van der Waals surface area contributed by atoms with Crippen LogP contribution in [0.15, 0.2) is 54.6 Å². The summed E-state index contributed by atoms with van der Waals surface area (Å²) in [6.07, 6.45) is 2.37. The smallest absolute Gasteiger partial charge is 0.228 e. The highest BCUT2D eigenvalue weighted by atomic mass is 35.5. The van der Waals surface area contributed by atoms with Crippen LogP contribution in [0.5, 0.6) is 0 Å². The van der Waals surface area contributed by atoms with Crippen LogP contribution in [0, 0.1) is 12.7 Å². The fraction of sp³-hybridized carbons (Fsp3) is 0.259. The van der Waals surface area contributed by atoms with Gasteiger partial charge in [0.2, 0.25) is 11.9 Å². The number of nitrogens with one attached hydrogen (secondary N) is 2. The standard InChI is InChI=1S/C27H26ClFN6O/c1-17-25(29)26(34-27(31-17)35-12-4-5-13-35)30-16-18-8-10-20(11-9-18)32-24(36)15-19-14-23(28)33-22-7-3-2-6-21(19)22/h2-3,6-11,14H,4-5,12-13,15-16H2,1H3,(H,32,36)(H,30,31,34). The third-order valence-electron chi connectivity index (χ3n) is 6.21. The molecule has 9 heteroatoms. The van der Waals surface area contributed by atoms with Crippen molar-refractivity contribution >= 4 is 45.9 Å². The molecule has 5 rings (SSSR count). The predicted octanol–water partition coefficient (Wildman–Crippen LogP) is 5.52. The van der Waals surface area contributed by atoms with Crippen molar-refractivity contribution in [2.24, 2.45) is 0 Å². The molecule has 1 amide bonds. The summed E-state index contributed by atoms with van der Waals surface area (Å²) in [5, 5.41) is 7.27. The molecule has 184 valence electrons. The minimum atomic E-state index is -0.439. The van der Waals surface area contributed by atoms with E-state index < -0.39 is 5.82 Å². The molecule has 0 aliphatic carbocycles. The van der Waals surface area contributed by atoms with E-state index in [9.17, 15) is 9.18 Å². The number of pyridine rings is 1. The monoisotopic (exact) mass is 504 g/mol. The van der Waals surface area contributed by atoms with Gasteiger partial charge in [-0.3, -0.25) is 4.79 Å². The molecule has 2 aromatic heterocycles. The number of rotatable bonds is 7. The lowest BCUT2D eigenvalue weighted by atomic mass is 10.1. The minimum absolute atomic E-state index is 0.152. The Labute approximate surface area is 213 Å². The lowest BCUT2D eigenvalue weighted by Crippen LogP contribution is -2.22. The molecule has 7 nitrogen and oxygen atoms in total. The lowest BCUT2D eigenvalue weighted by molar-refractivity contribution is -0.115. The van der Waals surface area contributed by atoms with E-state index in [2.05, 4.69) is 30.5 Å². The van der Waals surface area contributed by atoms with Crippen LogP contribution in [0.4, 0.5) is 21.8 Å². The highest BCUT2D eigenvalue weighted by Crippen LogP contribution is 2.23. The molecule has 0 bridgehead atoms. The fourth-order valence-corrected chi connectivity index (χ4v) is 4.57. The largest absolute Gasteiger partial charge is 0.363 e. The Morgan fingerprint density at radius 1 is 1.06 bits per heavy atom. The molecule has 4 aromatic rings. The summed E-state index contributed by atoms with van der Waals surface area (Å²) < 4.78 is 14.6. The van der Waals surface area contributed by atoms with Gasteiger partial charge in [-0.2, -0.15) is 4.98 Å². The van der Waals surface area contributed by atoms with Crippen LogP contribution in [0.2, 0.25) is 5.15 Å². The summed E-state index contributed by atoms with van der Waals surface area (Å²) in [5.41, 5.74) is 3.51. The first-order valence-electron chi connectivity index (χ1n) is 11.9. The molecule has 2 aromatic carbocycles. The normalized spacial score (nSPS) is 13.2. The molecular formula is C27H26ClFN6O. The molecular weight excluding hydrogens is 479 g/mol. The average Bonchev–Trinajstić information content (AvgIpc) is 3.41. The maximum Gasteiger partial charge on any atom is 0.228 e. The van der Waals surface area contributed by atoms with Crippen LogP contribution < -0.4 is 15.5 Å². The maximum atomic E-state index is 14.6. The van der Waals surface area contributed by atoms with Crippen LogP contribution in [-0.4, -0.2) is 33.9 Å². The van der Waals surface area contributed by atoms with Crippen LogP contribution in [-0.2, 0) is 17.8 Å². The zero-order valence-corrected chi connectivity index (χ0v) is 20.6. The van der Waals surface area contributed by atoms with E-state index in [1.807, 2.05) is 48.5 Å². The zero-order valence-electron chi connectivity index (χ0n) is 19.9. The van der Waals surface area contributed by atoms with Crippen molar-refractivity contribution in [3.8, 4) is 0 Å². The van der Waals surface area contributed by atoms with E-state index in [1.165, 1.54) is 0 Å². The summed E-state index contributed by atoms with van der Waals surface area (Å²) in [4.78, 5) is 27.8. The van der Waals surface area contributed by atoms with Crippen molar-refractivity contribution in [2.75, 3.05) is 28.6 Å². The second kappa shape index (κ2) is 10.5. The summed E-state index contributed by atoms with van der Waals surface area (Å²) >= 11 is 6.14. The van der Waals surface area contributed by atoms with Crippen molar-refractivity contribution < 1.29 is 9.18 Å². The van der Waals surface area contributed by atoms with Gasteiger partial charge in [-0.05, 0) is 55.2 Å². The topological polar surface area (TPSA) is 83.0 Å². The van der Waals surface area contributed by atoms with Crippen LogP contribution in [0.3, 0.4) is 0 Å². The van der Waals surface area contributed by atoms with E-state index in [4.69, 9.17) is 11.6 Å². The fourth-order valence-electron chi connectivity index (χ4n) is 4.35. The van der Waals surface area contributed by atoms with E-state index >= 15 is 0 Å². The van der Waals surface area contributed by atoms with Crippen molar-refractivity contribution in [1.29, 1.82) is 0 Å². The first-order chi connectivity index (χ1) is 17.5. The number of hydrogen-bond donors (Lipinski definition) is 2. The molecule has 0 radical (unpaired) electrons. The number of aryl methyl sites for hydroxylation is 1. The summed E-state index contributed by atoms with van der Waals surface area (Å²) in [6.45, 7) is 3.83. The van der Waals surface area contributed by atoms with Crippen LogP contribution >= 0.6 is 11.6 Å². The van der Waals surface area contributed by atoms with Crippen molar-refractivity contribution in [3.63, 3.8) is 0 Å². The second-order valence-electron chi connectivity index (χ2n) is 8.86. The van der Waals surface area contributed by atoms with Crippen molar-refractivity contribution in [2.45, 2.75) is 32.7 Å². The number of carbonyl (C=O) groups is 1. The van der Waals surface area contributed by atoms with E-state index in [1.54, 1.807) is 13.0 Å². The van der Waals surface area contributed by atoms with Gasteiger partial charge in [-0.1, -0.05) is 41.9 Å². The van der Waals surface area contributed by atoms with Gasteiger partial charge in [0.05, 0.1) is 17.6 Å². The third-order valence-corrected chi connectivity index (χ3v) is 6.41. The number of para-hydroxylation sites is 1. The Bertz CT molecular complexity index is 1410. The Balaban J connectivity index is 1.22. The first kappa shape index (κ1) is 23.9. The highest BCUT2D eigenvalue weighted by molar-refractivity contribution is 6.30. The molecule has 1 fully saturated rings. The Hall–Kier alpha value is -3.78. The zero-order chi connectivity index (χ0) is 25.1. The quantitative estimate of drug-likeness (QED) is 0.322. The Morgan fingerprint density at radius 3 is 2.58 bits per heavy atom. The number of fused-ring (bicyclic) bond motifs is 1. The molecule has 3 heterocycles. The molecule has 1 aliphatic rings. The summed E-state index contributed by atoms with van der Waals surface area (Å²) in [7, 11) is 0. The number of anilines is 3. The van der Waals surface area contributed by atoms with Gasteiger partial charge in [0.15, 0.2) is 11.6 Å². The van der Waals surface area contributed by atoms with Gasteiger partial charge >= 0.3 is 0 Å². The predicted molar refractivity (Wildman–Crippen MR) is 141 cm³/mol. The first-order valence-corrected chi connectivity index (χ1v) is 12.3. The Morgan fingerprint density at radius 2 is 1.81 bits per heavy atom. The van der Waals surface area contributed by atoms with Gasteiger partial charge in [-0.25, -0.2) is 14.4 Å². The van der Waals surface area contributed by atoms with E-state index in [0.717, 1.165) is 48.0 Å². The lowest BCUT2D eigenvalue weighted by Gasteiger charge is -2.17. The molecule has 36 heavy (non-hydrogen) atoms. The number of amides is 1. The maximum absolute atomic E-state index is 14.6. The molecule has 0 spiro atoms. The molecule has 0 unspecified atom stereocenters. The van der Waals surface area contributed by atoms with Crippen LogP contribution in [0.1, 0.15) is 29.7 Å². The number of benzene rings is 2.